The topological polar surface area (TPSA) is 109 Å². The van der Waals surface area contributed by atoms with E-state index in [9.17, 15) is 9.59 Å². The number of aromatic nitrogens is 3. The predicted octanol–water partition coefficient (Wildman–Crippen LogP) is 3.89. The quantitative estimate of drug-likeness (QED) is 0.397. The van der Waals surface area contributed by atoms with Crippen LogP contribution in [0.5, 0.6) is 5.75 Å². The first-order valence-electron chi connectivity index (χ1n) is 8.66. The van der Waals surface area contributed by atoms with Crippen LogP contribution in [-0.2, 0) is 11.3 Å². The van der Waals surface area contributed by atoms with Gasteiger partial charge in [0.25, 0.3) is 5.91 Å². The summed E-state index contributed by atoms with van der Waals surface area (Å²) < 4.78 is 5.82. The van der Waals surface area contributed by atoms with Crippen molar-refractivity contribution in [1.82, 2.24) is 20.5 Å². The van der Waals surface area contributed by atoms with Gasteiger partial charge in [-0.3, -0.25) is 14.7 Å². The number of hydrogen-bond donors (Lipinski definition) is 3. The zero-order valence-electron chi connectivity index (χ0n) is 15.7. The molecule has 0 spiro atoms. The second kappa shape index (κ2) is 10.5. The number of nitrogens with zero attached hydrogens (tertiary/aromatic N) is 2. The number of H-pyrrole nitrogens is 1. The Morgan fingerprint density at radius 3 is 2.70 bits per heavy atom. The summed E-state index contributed by atoms with van der Waals surface area (Å²) in [6.45, 7) is 0.183. The van der Waals surface area contributed by atoms with Crippen LogP contribution in [0.4, 0.5) is 5.69 Å². The van der Waals surface area contributed by atoms with Crippen molar-refractivity contribution in [3.8, 4) is 5.75 Å². The highest BCUT2D eigenvalue weighted by Crippen LogP contribution is 2.25. The number of ether oxygens (including phenoxy) is 1. The van der Waals surface area contributed by atoms with Gasteiger partial charge in [-0.15, -0.1) is 5.10 Å². The van der Waals surface area contributed by atoms with E-state index < -0.39 is 0 Å². The lowest BCUT2D eigenvalue weighted by Gasteiger charge is -2.05. The number of nitrogens with one attached hydrogen (secondary N) is 3. The molecule has 0 aliphatic carbocycles. The highest BCUT2D eigenvalue weighted by molar-refractivity contribution is 9.10. The molecular formula is C19H17BrClN5O3S. The smallest absolute Gasteiger partial charge is 0.251 e. The minimum absolute atomic E-state index is 0.128. The Labute approximate surface area is 190 Å². The predicted molar refractivity (Wildman–Crippen MR) is 119 cm³/mol. The molecule has 0 atom stereocenters. The summed E-state index contributed by atoms with van der Waals surface area (Å²) in [4.78, 5) is 28.5. The highest BCUT2D eigenvalue weighted by Gasteiger charge is 2.11. The van der Waals surface area contributed by atoms with Gasteiger partial charge in [0.05, 0.1) is 24.4 Å². The van der Waals surface area contributed by atoms with E-state index in [0.717, 1.165) is 4.47 Å². The summed E-state index contributed by atoms with van der Waals surface area (Å²) in [5, 5.41) is 13.2. The maximum absolute atomic E-state index is 12.2. The number of carbonyl (C=O) groups is 2. The van der Waals surface area contributed by atoms with Crippen molar-refractivity contribution in [3.63, 3.8) is 0 Å². The van der Waals surface area contributed by atoms with Crippen LogP contribution in [0, 0.1) is 0 Å². The van der Waals surface area contributed by atoms with E-state index in [-0.39, 0.29) is 24.1 Å². The highest BCUT2D eigenvalue weighted by atomic mass is 79.9. The van der Waals surface area contributed by atoms with E-state index in [1.54, 1.807) is 49.6 Å². The number of aromatic amines is 1. The first-order chi connectivity index (χ1) is 14.4. The molecular weight excluding hydrogens is 494 g/mol. The maximum atomic E-state index is 12.2. The molecule has 3 aromatic rings. The number of amides is 2. The van der Waals surface area contributed by atoms with Crippen molar-refractivity contribution in [2.45, 2.75) is 11.7 Å². The Kier molecular flexibility index (Phi) is 7.72. The van der Waals surface area contributed by atoms with Gasteiger partial charge in [-0.05, 0) is 58.4 Å². The van der Waals surface area contributed by atoms with Gasteiger partial charge in [0.2, 0.25) is 11.1 Å². The van der Waals surface area contributed by atoms with Crippen LogP contribution in [-0.4, -0.2) is 39.9 Å². The van der Waals surface area contributed by atoms with Crippen LogP contribution in [0.1, 0.15) is 16.2 Å². The molecule has 156 valence electrons. The molecule has 1 aromatic heterocycles. The first kappa shape index (κ1) is 22.1. The third-order valence-electron chi connectivity index (χ3n) is 3.82. The summed E-state index contributed by atoms with van der Waals surface area (Å²) in [7, 11) is 1.56. The fourth-order valence-electron chi connectivity index (χ4n) is 2.33. The van der Waals surface area contributed by atoms with Gasteiger partial charge in [-0.25, -0.2) is 4.98 Å². The van der Waals surface area contributed by atoms with Crippen LogP contribution >= 0.6 is 39.3 Å². The largest absolute Gasteiger partial charge is 0.497 e. The molecule has 0 bridgehead atoms. The van der Waals surface area contributed by atoms with E-state index in [1.165, 1.54) is 11.8 Å². The summed E-state index contributed by atoms with van der Waals surface area (Å²) in [5.74, 6) is 0.840. The molecule has 0 saturated heterocycles. The number of anilines is 1. The molecule has 0 radical (unpaired) electrons. The minimum atomic E-state index is -0.240. The van der Waals surface area contributed by atoms with Crippen molar-refractivity contribution in [2.24, 2.45) is 0 Å². The molecule has 0 aliphatic rings. The molecule has 0 unspecified atom stereocenters. The van der Waals surface area contributed by atoms with Gasteiger partial charge in [0, 0.05) is 15.7 Å². The average molecular weight is 511 g/mol. The third kappa shape index (κ3) is 6.22. The van der Waals surface area contributed by atoms with Crippen molar-refractivity contribution in [1.29, 1.82) is 0 Å². The zero-order chi connectivity index (χ0) is 21.5. The lowest BCUT2D eigenvalue weighted by Crippen LogP contribution is -2.23. The maximum Gasteiger partial charge on any atom is 0.251 e. The van der Waals surface area contributed by atoms with Gasteiger partial charge < -0.3 is 15.4 Å². The minimum Gasteiger partial charge on any atom is -0.497 e. The Morgan fingerprint density at radius 1 is 1.23 bits per heavy atom. The lowest BCUT2D eigenvalue weighted by molar-refractivity contribution is -0.113. The van der Waals surface area contributed by atoms with E-state index in [1.807, 2.05) is 0 Å². The number of hydrogen-bond acceptors (Lipinski definition) is 6. The van der Waals surface area contributed by atoms with Crippen LogP contribution in [0.3, 0.4) is 0 Å². The monoisotopic (exact) mass is 509 g/mol. The molecule has 0 fully saturated rings. The molecule has 30 heavy (non-hydrogen) atoms. The van der Waals surface area contributed by atoms with E-state index in [4.69, 9.17) is 16.3 Å². The number of thioether (sulfide) groups is 1. The van der Waals surface area contributed by atoms with Crippen LogP contribution in [0.15, 0.2) is 52.1 Å². The Balaban J connectivity index is 1.45. The van der Waals surface area contributed by atoms with E-state index >= 15 is 0 Å². The molecule has 3 N–H and O–H groups in total. The summed E-state index contributed by atoms with van der Waals surface area (Å²) >= 11 is 10.5. The Bertz CT molecular complexity index is 1040. The summed E-state index contributed by atoms with van der Waals surface area (Å²) in [6, 6.07) is 11.9. The van der Waals surface area contributed by atoms with Crippen LogP contribution < -0.4 is 15.4 Å². The first-order valence-corrected chi connectivity index (χ1v) is 10.8. The van der Waals surface area contributed by atoms with Gasteiger partial charge in [-0.2, -0.15) is 0 Å². The molecule has 11 heteroatoms. The fraction of sp³-hybridized carbons (Fsp3) is 0.158. The number of benzene rings is 2. The van der Waals surface area contributed by atoms with Crippen molar-refractivity contribution in [3.05, 3.63) is 63.3 Å². The van der Waals surface area contributed by atoms with Gasteiger partial charge in [0.1, 0.15) is 11.6 Å². The average Bonchev–Trinajstić information content (AvgIpc) is 3.21. The molecule has 3 rings (SSSR count). The van der Waals surface area contributed by atoms with Gasteiger partial charge in [0.15, 0.2) is 0 Å². The number of carbonyl (C=O) groups excluding carboxylic acids is 2. The van der Waals surface area contributed by atoms with Crippen molar-refractivity contribution >= 4 is 56.8 Å². The van der Waals surface area contributed by atoms with E-state index in [0.29, 0.717) is 33.0 Å². The SMILES string of the molecule is COc1ccc(C(=O)NCc2nc(SCC(=O)Nc3ccc(Br)c(Cl)c3)n[nH]2)cc1. The summed E-state index contributed by atoms with van der Waals surface area (Å²) in [5.41, 5.74) is 1.11. The third-order valence-corrected chi connectivity index (χ3v) is 5.90. The second-order valence-corrected chi connectivity index (χ2v) is 8.15. The lowest BCUT2D eigenvalue weighted by atomic mass is 10.2. The van der Waals surface area contributed by atoms with Crippen molar-refractivity contribution in [2.75, 3.05) is 18.2 Å². The van der Waals surface area contributed by atoms with Crippen LogP contribution in [0.2, 0.25) is 5.02 Å². The number of methoxy groups -OCH3 is 1. The van der Waals surface area contributed by atoms with Crippen molar-refractivity contribution < 1.29 is 14.3 Å². The summed E-state index contributed by atoms with van der Waals surface area (Å²) in [6.07, 6.45) is 0. The number of halogens is 2. The van der Waals surface area contributed by atoms with Crippen LogP contribution in [0.25, 0.3) is 0 Å². The van der Waals surface area contributed by atoms with E-state index in [2.05, 4.69) is 41.7 Å². The number of rotatable bonds is 8. The molecule has 0 saturated carbocycles. The molecule has 1 heterocycles. The molecule has 2 aromatic carbocycles. The second-order valence-electron chi connectivity index (χ2n) is 5.94. The molecule has 0 aliphatic heterocycles. The van der Waals surface area contributed by atoms with Gasteiger partial charge in [-0.1, -0.05) is 23.4 Å². The fourth-order valence-corrected chi connectivity index (χ4v) is 3.38. The molecule has 8 nitrogen and oxygen atoms in total. The standard InChI is InChI=1S/C19H17BrClN5O3S/c1-29-13-5-2-11(3-6-13)18(28)22-9-16-24-19(26-25-16)30-10-17(27)23-12-4-7-14(20)15(21)8-12/h2-8H,9-10H2,1H3,(H,22,28)(H,23,27)(H,24,25,26). The molecule has 2 amide bonds. The zero-order valence-corrected chi connectivity index (χ0v) is 18.9. The Morgan fingerprint density at radius 2 is 2.00 bits per heavy atom. The normalized spacial score (nSPS) is 10.5. The Hall–Kier alpha value is -2.56. The van der Waals surface area contributed by atoms with Gasteiger partial charge >= 0.3 is 0 Å².